The van der Waals surface area contributed by atoms with Gasteiger partial charge in [-0.1, -0.05) is 6.92 Å². The van der Waals surface area contributed by atoms with Crippen molar-refractivity contribution in [2.24, 2.45) is 0 Å². The number of hydrogen-bond acceptors (Lipinski definition) is 2. The maximum absolute atomic E-state index is 13.1. The van der Waals surface area contributed by atoms with Gasteiger partial charge in [-0.25, -0.2) is 4.39 Å². The van der Waals surface area contributed by atoms with E-state index in [9.17, 15) is 4.39 Å². The lowest BCUT2D eigenvalue weighted by atomic mass is 10.2. The largest absolute Gasteiger partial charge is 0.459 e. The molecule has 1 heterocycles. The Morgan fingerprint density at radius 1 is 1.32 bits per heavy atom. The second-order valence-corrected chi connectivity index (χ2v) is 5.66. The molecule has 0 saturated carbocycles. The molecule has 0 amide bonds. The molecule has 0 aliphatic carbocycles. The predicted octanol–water partition coefficient (Wildman–Crippen LogP) is 4.75. The quantitative estimate of drug-likeness (QED) is 0.766. The van der Waals surface area contributed by atoms with Crippen molar-refractivity contribution in [1.29, 1.82) is 0 Å². The van der Waals surface area contributed by atoms with E-state index in [-0.39, 0.29) is 11.9 Å². The summed E-state index contributed by atoms with van der Waals surface area (Å²) in [5, 5.41) is 3.38. The molecule has 2 aromatic rings. The zero-order valence-electron chi connectivity index (χ0n) is 11.0. The number of rotatable bonds is 5. The van der Waals surface area contributed by atoms with Crippen LogP contribution >= 0.6 is 22.6 Å². The van der Waals surface area contributed by atoms with Gasteiger partial charge in [0.15, 0.2) is 0 Å². The van der Waals surface area contributed by atoms with Gasteiger partial charge in [-0.2, -0.15) is 0 Å². The van der Waals surface area contributed by atoms with E-state index in [0.717, 1.165) is 33.6 Å². The van der Waals surface area contributed by atoms with E-state index < -0.39 is 0 Å². The van der Waals surface area contributed by atoms with Crippen LogP contribution in [-0.4, -0.2) is 6.54 Å². The first-order chi connectivity index (χ1) is 9.11. The van der Waals surface area contributed by atoms with Gasteiger partial charge < -0.3 is 9.73 Å². The third-order valence-corrected chi connectivity index (χ3v) is 3.84. The molecule has 19 heavy (non-hydrogen) atoms. The average molecular weight is 373 g/mol. The summed E-state index contributed by atoms with van der Waals surface area (Å²) in [5.74, 6) is 1.46. The first-order valence-corrected chi connectivity index (χ1v) is 7.48. The van der Waals surface area contributed by atoms with Crippen molar-refractivity contribution in [2.75, 3.05) is 6.54 Å². The summed E-state index contributed by atoms with van der Waals surface area (Å²) >= 11 is 2.12. The summed E-state index contributed by atoms with van der Waals surface area (Å²) in [6.07, 6.45) is 1.09. The van der Waals surface area contributed by atoms with Crippen LogP contribution in [0.15, 0.2) is 34.7 Å². The van der Waals surface area contributed by atoms with Gasteiger partial charge in [0.05, 0.1) is 6.04 Å². The Kier molecular flexibility index (Phi) is 4.99. The lowest BCUT2D eigenvalue weighted by molar-refractivity contribution is 0.438. The van der Waals surface area contributed by atoms with Gasteiger partial charge in [0, 0.05) is 9.13 Å². The highest BCUT2D eigenvalue weighted by Gasteiger charge is 2.12. The van der Waals surface area contributed by atoms with E-state index in [4.69, 9.17) is 4.42 Å². The van der Waals surface area contributed by atoms with Crippen LogP contribution in [0.1, 0.15) is 32.1 Å². The summed E-state index contributed by atoms with van der Waals surface area (Å²) in [4.78, 5) is 0. The fourth-order valence-electron chi connectivity index (χ4n) is 1.88. The molecule has 1 aromatic carbocycles. The van der Waals surface area contributed by atoms with Crippen molar-refractivity contribution in [1.82, 2.24) is 5.32 Å². The maximum atomic E-state index is 13.1. The fourth-order valence-corrected chi connectivity index (χ4v) is 2.62. The Morgan fingerprint density at radius 2 is 2.11 bits per heavy atom. The van der Waals surface area contributed by atoms with E-state index >= 15 is 0 Å². The minimum atomic E-state index is -0.224. The van der Waals surface area contributed by atoms with E-state index in [0.29, 0.717) is 0 Å². The molecule has 4 heteroatoms. The van der Waals surface area contributed by atoms with Crippen molar-refractivity contribution in [3.05, 3.63) is 45.5 Å². The molecule has 0 saturated heterocycles. The Bertz CT molecular complexity index is 553. The first kappa shape index (κ1) is 14.5. The highest BCUT2D eigenvalue weighted by Crippen LogP contribution is 2.29. The molecule has 0 bridgehead atoms. The third kappa shape index (κ3) is 3.57. The average Bonchev–Trinajstić information content (AvgIpc) is 2.85. The predicted molar refractivity (Wildman–Crippen MR) is 83.5 cm³/mol. The fraction of sp³-hybridized carbons (Fsp3) is 0.333. The highest BCUT2D eigenvalue weighted by atomic mass is 127. The van der Waals surface area contributed by atoms with Crippen LogP contribution < -0.4 is 5.32 Å². The van der Waals surface area contributed by atoms with Crippen molar-refractivity contribution in [3.63, 3.8) is 0 Å². The topological polar surface area (TPSA) is 25.2 Å². The molecule has 1 unspecified atom stereocenters. The minimum Gasteiger partial charge on any atom is -0.459 e. The number of halogens is 2. The number of benzene rings is 1. The van der Waals surface area contributed by atoms with Gasteiger partial charge in [-0.3, -0.25) is 0 Å². The molecule has 0 fully saturated rings. The zero-order chi connectivity index (χ0) is 13.8. The minimum absolute atomic E-state index is 0.187. The molecule has 0 aliphatic heterocycles. The molecular formula is C15H17FINO. The van der Waals surface area contributed by atoms with Crippen molar-refractivity contribution < 1.29 is 8.81 Å². The lowest BCUT2D eigenvalue weighted by Gasteiger charge is -2.10. The van der Waals surface area contributed by atoms with Gasteiger partial charge >= 0.3 is 0 Å². The second kappa shape index (κ2) is 6.52. The Balaban J connectivity index is 2.20. The normalized spacial score (nSPS) is 12.6. The summed E-state index contributed by atoms with van der Waals surface area (Å²) in [6, 6.07) is 8.82. The molecule has 102 valence electrons. The summed E-state index contributed by atoms with van der Waals surface area (Å²) in [6.45, 7) is 5.17. The van der Waals surface area contributed by atoms with Crippen LogP contribution in [-0.2, 0) is 0 Å². The Morgan fingerprint density at radius 3 is 2.79 bits per heavy atom. The highest BCUT2D eigenvalue weighted by molar-refractivity contribution is 14.1. The molecule has 1 atom stereocenters. The number of furan rings is 1. The monoisotopic (exact) mass is 373 g/mol. The third-order valence-electron chi connectivity index (χ3n) is 2.95. The molecule has 1 N–H and O–H groups in total. The summed E-state index contributed by atoms with van der Waals surface area (Å²) in [5.41, 5.74) is 0.927. The Labute approximate surface area is 126 Å². The van der Waals surface area contributed by atoms with Crippen molar-refractivity contribution in [3.8, 4) is 11.3 Å². The SMILES string of the molecule is CCCNC(C)c1ccc(-c2ccc(F)cc2I)o1. The van der Waals surface area contributed by atoms with Gasteiger partial charge in [0.2, 0.25) is 0 Å². The standard InChI is InChI=1S/C15H17FINO/c1-3-8-18-10(2)14-6-7-15(19-14)12-5-4-11(16)9-13(12)17/h4-7,9-10,18H,3,8H2,1-2H3. The van der Waals surface area contributed by atoms with Crippen LogP contribution in [0.25, 0.3) is 11.3 Å². The molecule has 2 rings (SSSR count). The summed E-state index contributed by atoms with van der Waals surface area (Å²) in [7, 11) is 0. The van der Waals surface area contributed by atoms with Crippen molar-refractivity contribution >= 4 is 22.6 Å². The molecular weight excluding hydrogens is 356 g/mol. The maximum Gasteiger partial charge on any atom is 0.135 e. The molecule has 0 spiro atoms. The van der Waals surface area contributed by atoms with Crippen LogP contribution in [0.4, 0.5) is 4.39 Å². The summed E-state index contributed by atoms with van der Waals surface area (Å²) < 4.78 is 19.8. The van der Waals surface area contributed by atoms with Crippen LogP contribution in [0.3, 0.4) is 0 Å². The lowest BCUT2D eigenvalue weighted by Crippen LogP contribution is -2.18. The van der Waals surface area contributed by atoms with Gasteiger partial charge in [0.1, 0.15) is 17.3 Å². The van der Waals surface area contributed by atoms with Gasteiger partial charge in [0.25, 0.3) is 0 Å². The molecule has 1 aromatic heterocycles. The van der Waals surface area contributed by atoms with Gasteiger partial charge in [-0.05, 0) is 72.8 Å². The smallest absolute Gasteiger partial charge is 0.135 e. The number of nitrogens with one attached hydrogen (secondary N) is 1. The second-order valence-electron chi connectivity index (χ2n) is 4.50. The van der Waals surface area contributed by atoms with E-state index in [2.05, 4.69) is 41.8 Å². The molecule has 0 radical (unpaired) electrons. The van der Waals surface area contributed by atoms with Crippen LogP contribution in [0.2, 0.25) is 0 Å². The Hall–Kier alpha value is -0.880. The van der Waals surface area contributed by atoms with E-state index in [1.54, 1.807) is 6.07 Å². The molecule has 0 aliphatic rings. The number of hydrogen-bond donors (Lipinski definition) is 1. The zero-order valence-corrected chi connectivity index (χ0v) is 13.2. The van der Waals surface area contributed by atoms with E-state index in [1.165, 1.54) is 12.1 Å². The first-order valence-electron chi connectivity index (χ1n) is 6.40. The van der Waals surface area contributed by atoms with E-state index in [1.807, 2.05) is 12.1 Å². The molecule has 2 nitrogen and oxygen atoms in total. The van der Waals surface area contributed by atoms with Crippen molar-refractivity contribution in [2.45, 2.75) is 26.3 Å². The van der Waals surface area contributed by atoms with Gasteiger partial charge in [-0.15, -0.1) is 0 Å². The van der Waals surface area contributed by atoms with Crippen LogP contribution in [0, 0.1) is 9.39 Å². The van der Waals surface area contributed by atoms with Crippen LogP contribution in [0.5, 0.6) is 0 Å².